The third-order valence-electron chi connectivity index (χ3n) is 3.33. The molecular formula is C17H20N2O4S. The van der Waals surface area contributed by atoms with Gasteiger partial charge in [-0.1, -0.05) is 36.4 Å². The number of hydrogen-bond donors (Lipinski definition) is 2. The molecule has 2 aromatic carbocycles. The third-order valence-corrected chi connectivity index (χ3v) is 4.65. The maximum atomic E-state index is 12.0. The molecule has 0 aliphatic rings. The van der Waals surface area contributed by atoms with Crippen LogP contribution in [0.2, 0.25) is 0 Å². The molecule has 0 aliphatic carbocycles. The predicted molar refractivity (Wildman–Crippen MR) is 92.4 cm³/mol. The van der Waals surface area contributed by atoms with Crippen molar-refractivity contribution in [2.75, 3.05) is 19.4 Å². The summed E-state index contributed by atoms with van der Waals surface area (Å²) in [6, 6.07) is 15.9. The number of ether oxygens (including phenoxy) is 1. The zero-order valence-electron chi connectivity index (χ0n) is 13.4. The largest absolute Gasteiger partial charge is 0.497 e. The first kappa shape index (κ1) is 18.0. The topological polar surface area (TPSA) is 84.5 Å². The van der Waals surface area contributed by atoms with Gasteiger partial charge in [0.2, 0.25) is 10.0 Å². The summed E-state index contributed by atoms with van der Waals surface area (Å²) < 4.78 is 31.4. The number of benzene rings is 2. The van der Waals surface area contributed by atoms with Crippen LogP contribution in [-0.4, -0.2) is 33.7 Å². The van der Waals surface area contributed by atoms with Crippen LogP contribution in [0, 0.1) is 0 Å². The molecule has 0 unspecified atom stereocenters. The van der Waals surface area contributed by atoms with Crippen LogP contribution in [-0.2, 0) is 16.6 Å². The zero-order valence-corrected chi connectivity index (χ0v) is 14.2. The van der Waals surface area contributed by atoms with Gasteiger partial charge in [-0.3, -0.25) is 4.79 Å². The van der Waals surface area contributed by atoms with Crippen molar-refractivity contribution in [1.29, 1.82) is 0 Å². The zero-order chi connectivity index (χ0) is 17.4. The van der Waals surface area contributed by atoms with Gasteiger partial charge in [-0.05, 0) is 23.8 Å². The average Bonchev–Trinajstić information content (AvgIpc) is 2.61. The summed E-state index contributed by atoms with van der Waals surface area (Å²) in [7, 11) is -1.94. The van der Waals surface area contributed by atoms with Crippen LogP contribution in [0.5, 0.6) is 5.75 Å². The Labute approximate surface area is 141 Å². The summed E-state index contributed by atoms with van der Waals surface area (Å²) in [6.45, 7) is 0.257. The van der Waals surface area contributed by atoms with E-state index in [-0.39, 0.29) is 24.7 Å². The first-order valence-electron chi connectivity index (χ1n) is 7.44. The lowest BCUT2D eigenvalue weighted by molar-refractivity contribution is 0.0956. The third kappa shape index (κ3) is 5.68. The minimum Gasteiger partial charge on any atom is -0.497 e. The lowest BCUT2D eigenvalue weighted by Crippen LogP contribution is -2.34. The van der Waals surface area contributed by atoms with Crippen LogP contribution >= 0.6 is 0 Å². The average molecular weight is 348 g/mol. The van der Waals surface area contributed by atoms with Crippen LogP contribution in [0.15, 0.2) is 54.6 Å². The normalized spacial score (nSPS) is 11.0. The van der Waals surface area contributed by atoms with Gasteiger partial charge in [0, 0.05) is 18.7 Å². The van der Waals surface area contributed by atoms with E-state index in [4.69, 9.17) is 4.74 Å². The fourth-order valence-electron chi connectivity index (χ4n) is 2.03. The molecule has 0 atom stereocenters. The van der Waals surface area contributed by atoms with Crippen molar-refractivity contribution in [3.8, 4) is 5.75 Å². The Morgan fingerprint density at radius 1 is 1.08 bits per heavy atom. The summed E-state index contributed by atoms with van der Waals surface area (Å²) in [5.74, 6) is 0.0437. The second-order valence-electron chi connectivity index (χ2n) is 5.11. The van der Waals surface area contributed by atoms with E-state index in [2.05, 4.69) is 10.0 Å². The minimum absolute atomic E-state index is 0.0279. The maximum Gasteiger partial charge on any atom is 0.251 e. The fourth-order valence-corrected chi connectivity index (χ4v) is 2.93. The van der Waals surface area contributed by atoms with E-state index in [9.17, 15) is 13.2 Å². The fraction of sp³-hybridized carbons (Fsp3) is 0.235. The van der Waals surface area contributed by atoms with Gasteiger partial charge in [0.1, 0.15) is 5.75 Å². The Morgan fingerprint density at radius 2 is 1.83 bits per heavy atom. The van der Waals surface area contributed by atoms with Crippen molar-refractivity contribution in [2.24, 2.45) is 0 Å². The van der Waals surface area contributed by atoms with Crippen molar-refractivity contribution >= 4 is 15.9 Å². The minimum atomic E-state index is -3.46. The molecule has 2 aromatic rings. The molecular weight excluding hydrogens is 328 g/mol. The highest BCUT2D eigenvalue weighted by atomic mass is 32.2. The van der Waals surface area contributed by atoms with E-state index >= 15 is 0 Å². The summed E-state index contributed by atoms with van der Waals surface area (Å²) in [4.78, 5) is 12.0. The molecule has 0 fully saturated rings. The molecule has 0 heterocycles. The molecule has 24 heavy (non-hydrogen) atoms. The van der Waals surface area contributed by atoms with Crippen LogP contribution in [0.1, 0.15) is 15.9 Å². The highest BCUT2D eigenvalue weighted by Gasteiger charge is 2.12. The van der Waals surface area contributed by atoms with Crippen LogP contribution in [0.25, 0.3) is 0 Å². The Balaban J connectivity index is 1.80. The summed E-state index contributed by atoms with van der Waals surface area (Å²) in [5, 5.41) is 2.59. The van der Waals surface area contributed by atoms with Crippen molar-refractivity contribution < 1.29 is 17.9 Å². The summed E-state index contributed by atoms with van der Waals surface area (Å²) in [6.07, 6.45) is 0. The number of amides is 1. The van der Waals surface area contributed by atoms with E-state index in [0.717, 1.165) is 5.56 Å². The molecule has 1 amide bonds. The molecule has 0 spiro atoms. The lowest BCUT2D eigenvalue weighted by Gasteiger charge is -2.09. The van der Waals surface area contributed by atoms with Gasteiger partial charge in [0.05, 0.1) is 12.9 Å². The standard InChI is InChI=1S/C17H20N2O4S/c1-23-16-9-5-8-15(12-16)17(20)18-10-11-24(21,22)19-13-14-6-3-2-4-7-14/h2-9,12,19H,10-11,13H2,1H3,(H,18,20). The van der Waals surface area contributed by atoms with Gasteiger partial charge in [-0.15, -0.1) is 0 Å². The van der Waals surface area contributed by atoms with Crippen LogP contribution in [0.4, 0.5) is 0 Å². The SMILES string of the molecule is COc1cccc(C(=O)NCCS(=O)(=O)NCc2ccccc2)c1. The maximum absolute atomic E-state index is 12.0. The number of hydrogen-bond acceptors (Lipinski definition) is 4. The number of rotatable bonds is 8. The van der Waals surface area contributed by atoms with E-state index in [1.54, 1.807) is 24.3 Å². The Hall–Kier alpha value is -2.38. The molecule has 128 valence electrons. The first-order valence-corrected chi connectivity index (χ1v) is 9.09. The molecule has 2 rings (SSSR count). The molecule has 0 radical (unpaired) electrons. The monoisotopic (exact) mass is 348 g/mol. The molecule has 7 heteroatoms. The number of sulfonamides is 1. The number of methoxy groups -OCH3 is 1. The lowest BCUT2D eigenvalue weighted by atomic mass is 10.2. The van der Waals surface area contributed by atoms with Crippen LogP contribution in [0.3, 0.4) is 0 Å². The Kier molecular flexibility index (Phi) is 6.34. The molecule has 0 bridgehead atoms. The highest BCUT2D eigenvalue weighted by Crippen LogP contribution is 2.12. The molecule has 0 saturated heterocycles. The van der Waals surface area contributed by atoms with Crippen molar-refractivity contribution in [3.63, 3.8) is 0 Å². The molecule has 0 saturated carbocycles. The predicted octanol–water partition coefficient (Wildman–Crippen LogP) is 1.54. The van der Waals surface area contributed by atoms with E-state index in [1.165, 1.54) is 7.11 Å². The van der Waals surface area contributed by atoms with E-state index < -0.39 is 10.0 Å². The smallest absolute Gasteiger partial charge is 0.251 e. The van der Waals surface area contributed by atoms with E-state index in [0.29, 0.717) is 11.3 Å². The Morgan fingerprint density at radius 3 is 2.54 bits per heavy atom. The van der Waals surface area contributed by atoms with Gasteiger partial charge in [-0.25, -0.2) is 13.1 Å². The van der Waals surface area contributed by atoms with Gasteiger partial charge < -0.3 is 10.1 Å². The van der Waals surface area contributed by atoms with Gasteiger partial charge in [0.15, 0.2) is 0 Å². The summed E-state index contributed by atoms with van der Waals surface area (Å²) in [5.41, 5.74) is 1.30. The molecule has 0 aromatic heterocycles. The van der Waals surface area contributed by atoms with Gasteiger partial charge in [0.25, 0.3) is 5.91 Å². The Bertz CT molecular complexity index is 776. The quantitative estimate of drug-likeness (QED) is 0.758. The second kappa shape index (κ2) is 8.47. The second-order valence-corrected chi connectivity index (χ2v) is 7.04. The number of nitrogens with one attached hydrogen (secondary N) is 2. The van der Waals surface area contributed by atoms with Gasteiger partial charge in [-0.2, -0.15) is 0 Å². The van der Waals surface area contributed by atoms with E-state index in [1.807, 2.05) is 30.3 Å². The van der Waals surface area contributed by atoms with Crippen molar-refractivity contribution in [3.05, 3.63) is 65.7 Å². The van der Waals surface area contributed by atoms with Crippen LogP contribution < -0.4 is 14.8 Å². The molecule has 6 nitrogen and oxygen atoms in total. The summed E-state index contributed by atoms with van der Waals surface area (Å²) >= 11 is 0. The van der Waals surface area contributed by atoms with Gasteiger partial charge >= 0.3 is 0 Å². The number of carbonyl (C=O) groups is 1. The van der Waals surface area contributed by atoms with Crippen molar-refractivity contribution in [1.82, 2.24) is 10.0 Å². The molecule has 0 aliphatic heterocycles. The first-order chi connectivity index (χ1) is 11.5. The highest BCUT2D eigenvalue weighted by molar-refractivity contribution is 7.89. The number of carbonyl (C=O) groups excluding carboxylic acids is 1. The molecule has 2 N–H and O–H groups in total. The van der Waals surface area contributed by atoms with Crippen molar-refractivity contribution in [2.45, 2.75) is 6.54 Å².